The normalized spacial score (nSPS) is 14.8. The highest BCUT2D eigenvalue weighted by Crippen LogP contribution is 2.37. The van der Waals surface area contributed by atoms with Crippen LogP contribution in [0.25, 0.3) is 0 Å². The van der Waals surface area contributed by atoms with Crippen LogP contribution in [-0.4, -0.2) is 10.1 Å². The summed E-state index contributed by atoms with van der Waals surface area (Å²) in [7, 11) is 0. The van der Waals surface area contributed by atoms with E-state index in [2.05, 4.69) is 4.98 Å². The minimum atomic E-state index is -4.46. The molecule has 1 aromatic rings. The number of pyridine rings is 1. The number of alkyl halides is 3. The van der Waals surface area contributed by atoms with Crippen molar-refractivity contribution < 1.29 is 18.3 Å². The summed E-state index contributed by atoms with van der Waals surface area (Å²) in [6, 6.07) is 0.890. The Hall–Kier alpha value is -1.10. The van der Waals surface area contributed by atoms with E-state index in [0.717, 1.165) is 18.5 Å². The summed E-state index contributed by atoms with van der Waals surface area (Å²) in [6.07, 6.45) is -3.20. The van der Waals surface area contributed by atoms with Crippen LogP contribution in [0.3, 0.4) is 0 Å². The molecule has 17 heavy (non-hydrogen) atoms. The van der Waals surface area contributed by atoms with Crippen LogP contribution >= 0.6 is 0 Å². The van der Waals surface area contributed by atoms with E-state index in [1.54, 1.807) is 0 Å². The van der Waals surface area contributed by atoms with Gasteiger partial charge in [-0.15, -0.1) is 0 Å². The molecule has 96 valence electrons. The Morgan fingerprint density at radius 3 is 2.35 bits per heavy atom. The average Bonchev–Trinajstić information content (AvgIpc) is 2.13. The summed E-state index contributed by atoms with van der Waals surface area (Å²) in [6.45, 7) is 5.58. The maximum atomic E-state index is 12.7. The summed E-state index contributed by atoms with van der Waals surface area (Å²) in [4.78, 5) is 3.65. The second-order valence-electron chi connectivity index (χ2n) is 5.24. The van der Waals surface area contributed by atoms with Crippen molar-refractivity contribution in [1.29, 1.82) is 0 Å². The standard InChI is InChI=1S/C12H16F3NO/c1-11(2,3)6-10(17)8-7-16-5-4-9(8)12(13,14)15/h4-5,7,10,17H,6H2,1-3H3. The van der Waals surface area contributed by atoms with Crippen LogP contribution in [0.15, 0.2) is 18.5 Å². The van der Waals surface area contributed by atoms with Crippen molar-refractivity contribution in [2.75, 3.05) is 0 Å². The van der Waals surface area contributed by atoms with Crippen molar-refractivity contribution >= 4 is 0 Å². The van der Waals surface area contributed by atoms with E-state index < -0.39 is 17.8 Å². The van der Waals surface area contributed by atoms with Crippen LogP contribution in [-0.2, 0) is 6.18 Å². The molecule has 0 aliphatic rings. The Morgan fingerprint density at radius 1 is 1.29 bits per heavy atom. The number of hydrogen-bond acceptors (Lipinski definition) is 2. The first kappa shape index (κ1) is 14.0. The molecule has 0 aliphatic carbocycles. The van der Waals surface area contributed by atoms with Gasteiger partial charge in [-0.2, -0.15) is 13.2 Å². The Bertz CT molecular complexity index is 382. The van der Waals surface area contributed by atoms with Gasteiger partial charge in [-0.05, 0) is 17.9 Å². The highest BCUT2D eigenvalue weighted by Gasteiger charge is 2.35. The predicted molar refractivity (Wildman–Crippen MR) is 58.3 cm³/mol. The van der Waals surface area contributed by atoms with Crippen molar-refractivity contribution in [1.82, 2.24) is 4.98 Å². The number of rotatable bonds is 2. The molecule has 0 saturated carbocycles. The molecule has 5 heteroatoms. The summed E-state index contributed by atoms with van der Waals surface area (Å²) in [5.74, 6) is 0. The summed E-state index contributed by atoms with van der Waals surface area (Å²) < 4.78 is 38.1. The molecule has 2 nitrogen and oxygen atoms in total. The first-order valence-electron chi connectivity index (χ1n) is 5.30. The molecule has 1 rings (SSSR count). The van der Waals surface area contributed by atoms with Crippen LogP contribution < -0.4 is 0 Å². The van der Waals surface area contributed by atoms with Gasteiger partial charge in [-0.25, -0.2) is 0 Å². The van der Waals surface area contributed by atoms with Crippen LogP contribution in [0.4, 0.5) is 13.2 Å². The molecule has 0 saturated heterocycles. The molecule has 0 bridgehead atoms. The van der Waals surface area contributed by atoms with Gasteiger partial charge in [0.25, 0.3) is 0 Å². The van der Waals surface area contributed by atoms with E-state index in [0.29, 0.717) is 0 Å². The smallest absolute Gasteiger partial charge is 0.388 e. The van der Waals surface area contributed by atoms with Crippen LogP contribution in [0.2, 0.25) is 0 Å². The monoisotopic (exact) mass is 247 g/mol. The second-order valence-corrected chi connectivity index (χ2v) is 5.24. The van der Waals surface area contributed by atoms with E-state index in [1.807, 2.05) is 20.8 Å². The lowest BCUT2D eigenvalue weighted by molar-refractivity contribution is -0.139. The molecule has 0 aromatic carbocycles. The molecule has 0 radical (unpaired) electrons. The van der Waals surface area contributed by atoms with E-state index >= 15 is 0 Å². The number of nitrogens with zero attached hydrogens (tertiary/aromatic N) is 1. The van der Waals surface area contributed by atoms with Crippen molar-refractivity contribution in [2.24, 2.45) is 5.41 Å². The molecular formula is C12H16F3NO. The third kappa shape index (κ3) is 4.00. The number of aliphatic hydroxyl groups is 1. The van der Waals surface area contributed by atoms with E-state index in [1.165, 1.54) is 0 Å². The summed E-state index contributed by atoms with van der Waals surface area (Å²) in [5.41, 5.74) is -1.22. The van der Waals surface area contributed by atoms with Crippen molar-refractivity contribution in [3.8, 4) is 0 Å². The fourth-order valence-corrected chi connectivity index (χ4v) is 1.62. The zero-order valence-corrected chi connectivity index (χ0v) is 10.0. The minimum absolute atomic E-state index is 0.157. The van der Waals surface area contributed by atoms with Gasteiger partial charge in [0, 0.05) is 18.0 Å². The van der Waals surface area contributed by atoms with E-state index in [9.17, 15) is 18.3 Å². The lowest BCUT2D eigenvalue weighted by Gasteiger charge is -2.24. The summed E-state index contributed by atoms with van der Waals surface area (Å²) >= 11 is 0. The Morgan fingerprint density at radius 2 is 1.88 bits per heavy atom. The minimum Gasteiger partial charge on any atom is -0.388 e. The van der Waals surface area contributed by atoms with Gasteiger partial charge in [0.2, 0.25) is 0 Å². The van der Waals surface area contributed by atoms with Gasteiger partial charge in [-0.3, -0.25) is 4.98 Å². The van der Waals surface area contributed by atoms with Crippen LogP contribution in [0.5, 0.6) is 0 Å². The van der Waals surface area contributed by atoms with Gasteiger partial charge in [0.05, 0.1) is 11.7 Å². The Balaban J connectivity index is 3.06. The fraction of sp³-hybridized carbons (Fsp3) is 0.583. The highest BCUT2D eigenvalue weighted by molar-refractivity contribution is 5.28. The zero-order valence-electron chi connectivity index (χ0n) is 10.0. The largest absolute Gasteiger partial charge is 0.416 e. The average molecular weight is 247 g/mol. The third-order valence-electron chi connectivity index (χ3n) is 2.32. The van der Waals surface area contributed by atoms with Crippen LogP contribution in [0, 0.1) is 5.41 Å². The number of halogens is 3. The molecule has 0 fully saturated rings. The maximum Gasteiger partial charge on any atom is 0.416 e. The second kappa shape index (κ2) is 4.64. The Labute approximate surface area is 98.5 Å². The zero-order chi connectivity index (χ0) is 13.3. The fourth-order valence-electron chi connectivity index (χ4n) is 1.62. The van der Waals surface area contributed by atoms with Crippen molar-refractivity contribution in [3.63, 3.8) is 0 Å². The van der Waals surface area contributed by atoms with Crippen LogP contribution in [0.1, 0.15) is 44.4 Å². The molecule has 1 unspecified atom stereocenters. The van der Waals surface area contributed by atoms with Crippen molar-refractivity contribution in [2.45, 2.75) is 39.5 Å². The number of aromatic nitrogens is 1. The Kier molecular flexibility index (Phi) is 3.81. The molecule has 0 aliphatic heterocycles. The van der Waals surface area contributed by atoms with Gasteiger partial charge in [0.1, 0.15) is 0 Å². The highest BCUT2D eigenvalue weighted by atomic mass is 19.4. The SMILES string of the molecule is CC(C)(C)CC(O)c1cnccc1C(F)(F)F. The molecule has 0 amide bonds. The van der Waals surface area contributed by atoms with E-state index in [-0.39, 0.29) is 17.4 Å². The summed E-state index contributed by atoms with van der Waals surface area (Å²) in [5, 5.41) is 9.86. The molecule has 0 spiro atoms. The first-order chi connectivity index (χ1) is 7.61. The maximum absolute atomic E-state index is 12.7. The predicted octanol–water partition coefficient (Wildman–Crippen LogP) is 3.57. The molecule has 1 aromatic heterocycles. The topological polar surface area (TPSA) is 33.1 Å². The molecular weight excluding hydrogens is 231 g/mol. The first-order valence-corrected chi connectivity index (χ1v) is 5.30. The number of hydrogen-bond donors (Lipinski definition) is 1. The van der Waals surface area contributed by atoms with Gasteiger partial charge >= 0.3 is 6.18 Å². The van der Waals surface area contributed by atoms with Crippen molar-refractivity contribution in [3.05, 3.63) is 29.6 Å². The third-order valence-corrected chi connectivity index (χ3v) is 2.32. The molecule has 1 N–H and O–H groups in total. The lowest BCUT2D eigenvalue weighted by Crippen LogP contribution is -2.16. The van der Waals surface area contributed by atoms with Gasteiger partial charge in [0.15, 0.2) is 0 Å². The lowest BCUT2D eigenvalue weighted by atomic mass is 9.86. The van der Waals surface area contributed by atoms with Gasteiger partial charge < -0.3 is 5.11 Å². The van der Waals surface area contributed by atoms with Gasteiger partial charge in [-0.1, -0.05) is 20.8 Å². The number of aliphatic hydroxyl groups excluding tert-OH is 1. The van der Waals surface area contributed by atoms with E-state index in [4.69, 9.17) is 0 Å². The quantitative estimate of drug-likeness (QED) is 0.866. The molecule has 1 atom stereocenters. The molecule has 1 heterocycles.